The molecular formula is C22H23NO4S. The zero-order valence-electron chi connectivity index (χ0n) is 16.1. The van der Waals surface area contributed by atoms with Crippen LogP contribution in [-0.4, -0.2) is 21.4 Å². The van der Waals surface area contributed by atoms with Gasteiger partial charge in [0.25, 0.3) is 5.91 Å². The van der Waals surface area contributed by atoms with Crippen LogP contribution in [0.4, 0.5) is 5.69 Å². The van der Waals surface area contributed by atoms with E-state index in [9.17, 15) is 13.2 Å². The third kappa shape index (κ3) is 4.17. The number of sulfone groups is 1. The summed E-state index contributed by atoms with van der Waals surface area (Å²) in [5.41, 5.74) is 2.19. The van der Waals surface area contributed by atoms with Crippen molar-refractivity contribution in [3.8, 4) is 0 Å². The Kier molecular flexibility index (Phi) is 5.70. The highest BCUT2D eigenvalue weighted by Gasteiger charge is 2.25. The SMILES string of the molecule is CC(C)c1cccc(N(C)C(=O)c2occc2CS(=O)(=O)c2ccccc2)c1. The summed E-state index contributed by atoms with van der Waals surface area (Å²) in [6, 6.07) is 17.4. The third-order valence-electron chi connectivity index (χ3n) is 4.62. The second-order valence-electron chi connectivity index (χ2n) is 6.96. The zero-order valence-corrected chi connectivity index (χ0v) is 16.9. The fraction of sp³-hybridized carbons (Fsp3) is 0.227. The molecule has 0 aliphatic heterocycles. The van der Waals surface area contributed by atoms with Crippen molar-refractivity contribution in [3.63, 3.8) is 0 Å². The van der Waals surface area contributed by atoms with Gasteiger partial charge in [-0.2, -0.15) is 0 Å². The Balaban J connectivity index is 1.87. The lowest BCUT2D eigenvalue weighted by atomic mass is 10.0. The first kappa shape index (κ1) is 19.9. The van der Waals surface area contributed by atoms with Gasteiger partial charge in [0.15, 0.2) is 15.6 Å². The monoisotopic (exact) mass is 397 g/mol. The van der Waals surface area contributed by atoms with Crippen LogP contribution in [0, 0.1) is 0 Å². The molecule has 0 radical (unpaired) electrons. The smallest absolute Gasteiger partial charge is 0.294 e. The number of hydrogen-bond acceptors (Lipinski definition) is 4. The molecule has 0 spiro atoms. The van der Waals surface area contributed by atoms with E-state index in [1.54, 1.807) is 37.4 Å². The van der Waals surface area contributed by atoms with Gasteiger partial charge in [-0.3, -0.25) is 4.79 Å². The highest BCUT2D eigenvalue weighted by atomic mass is 32.2. The van der Waals surface area contributed by atoms with E-state index >= 15 is 0 Å². The molecule has 28 heavy (non-hydrogen) atoms. The van der Waals surface area contributed by atoms with Gasteiger partial charge in [-0.15, -0.1) is 0 Å². The minimum atomic E-state index is -3.58. The van der Waals surface area contributed by atoms with Gasteiger partial charge >= 0.3 is 0 Å². The lowest BCUT2D eigenvalue weighted by Gasteiger charge is -2.18. The number of benzene rings is 2. The van der Waals surface area contributed by atoms with Crippen LogP contribution in [0.3, 0.4) is 0 Å². The molecule has 0 unspecified atom stereocenters. The van der Waals surface area contributed by atoms with Crippen molar-refractivity contribution in [1.82, 2.24) is 0 Å². The van der Waals surface area contributed by atoms with E-state index in [0.29, 0.717) is 11.5 Å². The van der Waals surface area contributed by atoms with Crippen LogP contribution in [-0.2, 0) is 15.6 Å². The number of nitrogens with zero attached hydrogens (tertiary/aromatic N) is 1. The van der Waals surface area contributed by atoms with Crippen molar-refractivity contribution < 1.29 is 17.6 Å². The summed E-state index contributed by atoms with van der Waals surface area (Å²) >= 11 is 0. The van der Waals surface area contributed by atoms with Crippen molar-refractivity contribution in [1.29, 1.82) is 0 Å². The number of carbonyl (C=O) groups excluding carboxylic acids is 1. The summed E-state index contributed by atoms with van der Waals surface area (Å²) < 4.78 is 30.7. The Bertz CT molecular complexity index is 1070. The molecule has 1 heterocycles. The normalized spacial score (nSPS) is 11.6. The molecule has 0 aliphatic rings. The first-order valence-electron chi connectivity index (χ1n) is 9.02. The van der Waals surface area contributed by atoms with Crippen LogP contribution in [0.25, 0.3) is 0 Å². The molecule has 0 bridgehead atoms. The summed E-state index contributed by atoms with van der Waals surface area (Å²) in [5, 5.41) is 0. The fourth-order valence-corrected chi connectivity index (χ4v) is 4.29. The molecule has 3 aromatic rings. The van der Waals surface area contributed by atoms with Gasteiger partial charge < -0.3 is 9.32 Å². The quantitative estimate of drug-likeness (QED) is 0.607. The molecular weight excluding hydrogens is 374 g/mol. The number of anilines is 1. The lowest BCUT2D eigenvalue weighted by Crippen LogP contribution is -2.27. The second-order valence-corrected chi connectivity index (χ2v) is 8.95. The molecule has 0 saturated heterocycles. The van der Waals surface area contributed by atoms with Crippen molar-refractivity contribution in [2.45, 2.75) is 30.4 Å². The van der Waals surface area contributed by atoms with Crippen molar-refractivity contribution in [2.75, 3.05) is 11.9 Å². The lowest BCUT2D eigenvalue weighted by molar-refractivity contribution is 0.0965. The van der Waals surface area contributed by atoms with Crippen LogP contribution in [0.15, 0.2) is 76.2 Å². The molecule has 0 fully saturated rings. The van der Waals surface area contributed by atoms with E-state index in [4.69, 9.17) is 4.42 Å². The third-order valence-corrected chi connectivity index (χ3v) is 6.30. The van der Waals surface area contributed by atoms with Gasteiger partial charge in [0.1, 0.15) is 0 Å². The van der Waals surface area contributed by atoms with E-state index in [1.807, 2.05) is 24.3 Å². The molecule has 146 valence electrons. The van der Waals surface area contributed by atoms with E-state index in [0.717, 1.165) is 11.3 Å². The second kappa shape index (κ2) is 8.02. The maximum atomic E-state index is 13.0. The van der Waals surface area contributed by atoms with Crippen LogP contribution < -0.4 is 4.90 Å². The number of rotatable bonds is 6. The summed E-state index contributed by atoms with van der Waals surface area (Å²) in [6.45, 7) is 4.17. The van der Waals surface area contributed by atoms with Gasteiger partial charge in [0.05, 0.1) is 16.9 Å². The van der Waals surface area contributed by atoms with Gasteiger partial charge in [-0.1, -0.05) is 44.2 Å². The van der Waals surface area contributed by atoms with E-state index in [1.165, 1.54) is 17.2 Å². The first-order chi connectivity index (χ1) is 13.3. The van der Waals surface area contributed by atoms with Gasteiger partial charge in [0.2, 0.25) is 0 Å². The molecule has 3 rings (SSSR count). The molecule has 2 aromatic carbocycles. The van der Waals surface area contributed by atoms with E-state index in [-0.39, 0.29) is 22.3 Å². The standard InChI is InChI=1S/C22H23NO4S/c1-16(2)17-8-7-9-19(14-17)23(3)22(24)21-18(12-13-27-21)15-28(25,26)20-10-5-4-6-11-20/h4-14,16H,15H2,1-3H3. The van der Waals surface area contributed by atoms with E-state index in [2.05, 4.69) is 13.8 Å². The average Bonchev–Trinajstić information content (AvgIpc) is 3.15. The molecule has 0 N–H and O–H groups in total. The Labute approximate surface area is 165 Å². The molecule has 0 saturated carbocycles. The predicted molar refractivity (Wildman–Crippen MR) is 109 cm³/mol. The van der Waals surface area contributed by atoms with Crippen molar-refractivity contribution in [3.05, 3.63) is 83.8 Å². The van der Waals surface area contributed by atoms with Gasteiger partial charge in [0, 0.05) is 18.3 Å². The molecule has 6 heteroatoms. The largest absolute Gasteiger partial charge is 0.459 e. The molecule has 1 amide bonds. The zero-order chi connectivity index (χ0) is 20.3. The highest BCUT2D eigenvalue weighted by Crippen LogP contribution is 2.25. The summed E-state index contributed by atoms with van der Waals surface area (Å²) in [5.74, 6) is -0.311. The Morgan fingerprint density at radius 2 is 1.75 bits per heavy atom. The Morgan fingerprint density at radius 1 is 1.04 bits per heavy atom. The van der Waals surface area contributed by atoms with Gasteiger partial charge in [-0.25, -0.2) is 8.42 Å². The average molecular weight is 397 g/mol. The number of amides is 1. The number of hydrogen-bond donors (Lipinski definition) is 0. The van der Waals surface area contributed by atoms with Crippen LogP contribution in [0.2, 0.25) is 0 Å². The fourth-order valence-electron chi connectivity index (χ4n) is 2.91. The molecule has 0 atom stereocenters. The first-order valence-corrected chi connectivity index (χ1v) is 10.7. The maximum Gasteiger partial charge on any atom is 0.294 e. The predicted octanol–water partition coefficient (Wildman–Crippen LogP) is 4.65. The van der Waals surface area contributed by atoms with Crippen molar-refractivity contribution >= 4 is 21.4 Å². The molecule has 1 aromatic heterocycles. The topological polar surface area (TPSA) is 67.6 Å². The van der Waals surface area contributed by atoms with Crippen LogP contribution in [0.1, 0.15) is 41.4 Å². The molecule has 0 aliphatic carbocycles. The summed E-state index contributed by atoms with van der Waals surface area (Å²) in [4.78, 5) is 14.7. The number of furan rings is 1. The van der Waals surface area contributed by atoms with Gasteiger partial charge in [-0.05, 0) is 41.8 Å². The van der Waals surface area contributed by atoms with E-state index < -0.39 is 9.84 Å². The summed E-state index contributed by atoms with van der Waals surface area (Å²) in [6.07, 6.45) is 1.35. The highest BCUT2D eigenvalue weighted by molar-refractivity contribution is 7.90. The van der Waals surface area contributed by atoms with Crippen LogP contribution >= 0.6 is 0 Å². The Morgan fingerprint density at radius 3 is 2.43 bits per heavy atom. The maximum absolute atomic E-state index is 13.0. The number of carbonyl (C=O) groups is 1. The van der Waals surface area contributed by atoms with Crippen LogP contribution in [0.5, 0.6) is 0 Å². The minimum absolute atomic E-state index is 0.0388. The minimum Gasteiger partial charge on any atom is -0.459 e. The summed E-state index contributed by atoms with van der Waals surface area (Å²) in [7, 11) is -1.93. The van der Waals surface area contributed by atoms with Crippen molar-refractivity contribution in [2.24, 2.45) is 0 Å². The molecule has 5 nitrogen and oxygen atoms in total. The Hall–Kier alpha value is -2.86.